The fraction of sp³-hybridized carbons (Fsp3) is 0.483. The number of carbonyl (C=O) groups is 3. The van der Waals surface area contributed by atoms with E-state index in [-0.39, 0.29) is 42.8 Å². The first-order valence-corrected chi connectivity index (χ1v) is 13.9. The largest absolute Gasteiger partial charge is 0.469 e. The minimum absolute atomic E-state index is 0.0530. The second-order valence-electron chi connectivity index (χ2n) is 10.5. The first-order chi connectivity index (χ1) is 19.1. The highest BCUT2D eigenvalue weighted by Gasteiger charge is 2.37. The molecule has 0 saturated carbocycles. The number of rotatable bonds is 9. The fourth-order valence-corrected chi connectivity index (χ4v) is 5.40. The summed E-state index contributed by atoms with van der Waals surface area (Å²) in [5, 5.41) is 3.40. The number of halogens is 1. The van der Waals surface area contributed by atoms with Gasteiger partial charge in [0.05, 0.1) is 30.5 Å². The molecular formula is C29H37ClN6O4. The predicted octanol–water partition coefficient (Wildman–Crippen LogP) is 3.88. The first-order valence-electron chi connectivity index (χ1n) is 13.5. The van der Waals surface area contributed by atoms with Gasteiger partial charge in [0.15, 0.2) is 0 Å². The summed E-state index contributed by atoms with van der Waals surface area (Å²) in [5.74, 6) is -0.150. The van der Waals surface area contributed by atoms with Gasteiger partial charge in [-0.2, -0.15) is 0 Å². The number of aryl methyl sites for hydroxylation is 3. The molecule has 1 aromatic heterocycles. The lowest BCUT2D eigenvalue weighted by atomic mass is 10.1. The molecule has 0 radical (unpaired) electrons. The van der Waals surface area contributed by atoms with Gasteiger partial charge in [0.2, 0.25) is 0 Å². The Bertz CT molecular complexity index is 1300. The number of benzene rings is 1. The topological polar surface area (TPSA) is 108 Å². The van der Waals surface area contributed by atoms with Gasteiger partial charge in [0, 0.05) is 61.6 Å². The number of fused-ring (bicyclic) bond motifs is 1. The lowest BCUT2D eigenvalue weighted by Gasteiger charge is -2.29. The zero-order chi connectivity index (χ0) is 29.0. The Morgan fingerprint density at radius 2 is 1.90 bits per heavy atom. The molecule has 0 spiro atoms. The third-order valence-corrected chi connectivity index (χ3v) is 8.15. The van der Waals surface area contributed by atoms with Crippen LogP contribution in [0.25, 0.3) is 0 Å². The summed E-state index contributed by atoms with van der Waals surface area (Å²) >= 11 is 6.37. The molecule has 4 rings (SSSR count). The number of aromatic nitrogens is 2. The average Bonchev–Trinajstić information content (AvgIpc) is 3.50. The smallest absolute Gasteiger partial charge is 0.321 e. The van der Waals surface area contributed by atoms with E-state index in [1.807, 2.05) is 39.1 Å². The summed E-state index contributed by atoms with van der Waals surface area (Å²) in [7, 11) is 1.32. The average molecular weight is 569 g/mol. The van der Waals surface area contributed by atoms with Crippen LogP contribution < -0.4 is 10.2 Å². The zero-order valence-electron chi connectivity index (χ0n) is 23.7. The molecule has 0 bridgehead atoms. The number of nitrogens with one attached hydrogen (secondary N) is 1. The van der Waals surface area contributed by atoms with Crippen molar-refractivity contribution in [3.05, 3.63) is 63.8 Å². The molecule has 1 fully saturated rings. The highest BCUT2D eigenvalue weighted by atomic mass is 35.5. The van der Waals surface area contributed by atoms with Crippen LogP contribution in [0.4, 0.5) is 10.5 Å². The molecule has 2 aliphatic heterocycles. The quantitative estimate of drug-likeness (QED) is 0.457. The molecule has 1 saturated heterocycles. The van der Waals surface area contributed by atoms with Crippen LogP contribution in [-0.4, -0.2) is 83.6 Å². The van der Waals surface area contributed by atoms with Crippen molar-refractivity contribution in [1.82, 2.24) is 25.1 Å². The van der Waals surface area contributed by atoms with Crippen molar-refractivity contribution >= 4 is 35.2 Å². The molecule has 10 nitrogen and oxygen atoms in total. The van der Waals surface area contributed by atoms with Gasteiger partial charge >= 0.3 is 12.0 Å². The van der Waals surface area contributed by atoms with E-state index in [0.717, 1.165) is 25.1 Å². The Hall–Kier alpha value is -3.50. The molecule has 2 atom stereocenters. The summed E-state index contributed by atoms with van der Waals surface area (Å²) in [4.78, 5) is 52.0. The Labute approximate surface area is 240 Å². The van der Waals surface area contributed by atoms with E-state index >= 15 is 0 Å². The van der Waals surface area contributed by atoms with E-state index in [1.54, 1.807) is 15.9 Å². The number of urea groups is 1. The maximum atomic E-state index is 13.2. The van der Waals surface area contributed by atoms with Crippen molar-refractivity contribution in [2.75, 3.05) is 44.7 Å². The van der Waals surface area contributed by atoms with Crippen molar-refractivity contribution in [1.29, 1.82) is 0 Å². The Kier molecular flexibility index (Phi) is 9.42. The van der Waals surface area contributed by atoms with E-state index in [4.69, 9.17) is 11.6 Å². The summed E-state index contributed by atoms with van der Waals surface area (Å²) in [6.07, 6.45) is 4.30. The minimum atomic E-state index is -0.379. The molecule has 214 valence electrons. The summed E-state index contributed by atoms with van der Waals surface area (Å²) in [6.45, 7) is 10.7. The number of likely N-dealkylation sites (tertiary alicyclic amines) is 1. The lowest BCUT2D eigenvalue weighted by molar-refractivity contribution is -0.140. The monoisotopic (exact) mass is 568 g/mol. The van der Waals surface area contributed by atoms with Crippen LogP contribution in [0.15, 0.2) is 36.3 Å². The normalized spacial score (nSPS) is 17.3. The third-order valence-electron chi connectivity index (χ3n) is 7.74. The maximum absolute atomic E-state index is 13.2. The number of hydrogen-bond donors (Lipinski definition) is 1. The molecule has 40 heavy (non-hydrogen) atoms. The standard InChI is InChI=1S/C29H37ClN6O4/c1-18-6-7-24(12-25(18)30)36(29(39)31-10-8-26(37)40-5)11-9-19(2)34-13-22-15-35(16-23(22)14-34)28(38)27-20(3)32-17-33-21(27)4/h6-7,12,15,17,19,23H,8-11,13-14,16H2,1-5H3,(H,31,39). The van der Waals surface area contributed by atoms with Gasteiger partial charge in [-0.25, -0.2) is 14.8 Å². The molecule has 3 heterocycles. The van der Waals surface area contributed by atoms with Crippen LogP contribution in [0.1, 0.15) is 47.1 Å². The molecule has 2 aromatic rings. The highest BCUT2D eigenvalue weighted by molar-refractivity contribution is 6.31. The third kappa shape index (κ3) is 6.62. The SMILES string of the molecule is COC(=O)CCNC(=O)N(CCC(C)N1CC2=CN(C(=O)c3c(C)ncnc3C)CC2C1)c1ccc(C)c(Cl)c1. The van der Waals surface area contributed by atoms with Gasteiger partial charge in [-0.3, -0.25) is 19.4 Å². The van der Waals surface area contributed by atoms with Gasteiger partial charge in [-0.1, -0.05) is 17.7 Å². The number of amides is 3. The van der Waals surface area contributed by atoms with Crippen LogP contribution >= 0.6 is 11.6 Å². The molecule has 11 heteroatoms. The van der Waals surface area contributed by atoms with Gasteiger partial charge < -0.3 is 15.0 Å². The second kappa shape index (κ2) is 12.8. The van der Waals surface area contributed by atoms with Crippen LogP contribution in [0.2, 0.25) is 5.02 Å². The van der Waals surface area contributed by atoms with Crippen molar-refractivity contribution in [3.8, 4) is 0 Å². The lowest BCUT2D eigenvalue weighted by Crippen LogP contribution is -2.43. The summed E-state index contributed by atoms with van der Waals surface area (Å²) in [5.41, 5.74) is 4.83. The number of methoxy groups -OCH3 is 1. The van der Waals surface area contributed by atoms with Crippen molar-refractivity contribution in [3.63, 3.8) is 0 Å². The van der Waals surface area contributed by atoms with E-state index in [0.29, 0.717) is 40.8 Å². The zero-order valence-corrected chi connectivity index (χ0v) is 24.5. The van der Waals surface area contributed by atoms with E-state index in [1.165, 1.54) is 19.0 Å². The van der Waals surface area contributed by atoms with Crippen LogP contribution in [0.3, 0.4) is 0 Å². The number of nitrogens with zero attached hydrogens (tertiary/aromatic N) is 5. The molecule has 0 aliphatic carbocycles. The summed E-state index contributed by atoms with van der Waals surface area (Å²) < 4.78 is 4.67. The van der Waals surface area contributed by atoms with Gasteiger partial charge in [-0.15, -0.1) is 0 Å². The Morgan fingerprint density at radius 3 is 2.55 bits per heavy atom. The number of hydrogen-bond acceptors (Lipinski definition) is 7. The number of ether oxygens (including phenoxy) is 1. The molecule has 2 aliphatic rings. The number of anilines is 1. The Morgan fingerprint density at radius 1 is 1.18 bits per heavy atom. The van der Waals surface area contributed by atoms with Crippen molar-refractivity contribution < 1.29 is 19.1 Å². The van der Waals surface area contributed by atoms with E-state index in [9.17, 15) is 14.4 Å². The highest BCUT2D eigenvalue weighted by Crippen LogP contribution is 2.33. The van der Waals surface area contributed by atoms with Crippen LogP contribution in [0, 0.1) is 26.7 Å². The molecule has 1 aromatic carbocycles. The van der Waals surface area contributed by atoms with Crippen molar-refractivity contribution in [2.45, 2.75) is 46.6 Å². The molecule has 2 unspecified atom stereocenters. The van der Waals surface area contributed by atoms with Crippen LogP contribution in [-0.2, 0) is 9.53 Å². The molecule has 3 amide bonds. The fourth-order valence-electron chi connectivity index (χ4n) is 5.23. The first kappa shape index (κ1) is 29.5. The van der Waals surface area contributed by atoms with Gasteiger partial charge in [-0.05, 0) is 57.4 Å². The van der Waals surface area contributed by atoms with Gasteiger partial charge in [0.1, 0.15) is 6.33 Å². The second-order valence-corrected chi connectivity index (χ2v) is 10.9. The predicted molar refractivity (Wildman–Crippen MR) is 153 cm³/mol. The van der Waals surface area contributed by atoms with Gasteiger partial charge in [0.25, 0.3) is 5.91 Å². The van der Waals surface area contributed by atoms with Crippen LogP contribution in [0.5, 0.6) is 0 Å². The molecule has 1 N–H and O–H groups in total. The molecular weight excluding hydrogens is 532 g/mol. The number of carbonyl (C=O) groups excluding carboxylic acids is 3. The number of esters is 1. The van der Waals surface area contributed by atoms with E-state index in [2.05, 4.69) is 31.8 Å². The maximum Gasteiger partial charge on any atom is 0.321 e. The van der Waals surface area contributed by atoms with Crippen molar-refractivity contribution in [2.24, 2.45) is 5.92 Å². The minimum Gasteiger partial charge on any atom is -0.469 e. The van der Waals surface area contributed by atoms with E-state index < -0.39 is 0 Å². The Balaban J connectivity index is 1.38. The summed E-state index contributed by atoms with van der Waals surface area (Å²) in [6, 6.07) is 5.47.